The molecule has 0 aliphatic rings. The van der Waals surface area contributed by atoms with Gasteiger partial charge in [0.15, 0.2) is 0 Å². The zero-order valence-corrected chi connectivity index (χ0v) is 17.3. The van der Waals surface area contributed by atoms with Crippen LogP contribution in [0.4, 0.5) is 5.69 Å². The molecule has 4 aromatic rings. The number of rotatable bonds is 6. The van der Waals surface area contributed by atoms with Gasteiger partial charge < -0.3 is 9.47 Å². The molecule has 0 radical (unpaired) electrons. The molecular weight excluding hydrogens is 398 g/mol. The first-order valence-electron chi connectivity index (χ1n) is 9.11. The van der Waals surface area contributed by atoms with Crippen molar-refractivity contribution in [2.75, 3.05) is 14.2 Å². The van der Waals surface area contributed by atoms with Gasteiger partial charge in [-0.3, -0.25) is 9.97 Å². The third-order valence-corrected chi connectivity index (χ3v) is 5.05. The summed E-state index contributed by atoms with van der Waals surface area (Å²) in [6, 6.07) is 15.1. The summed E-state index contributed by atoms with van der Waals surface area (Å²) in [7, 11) is 3.27. The lowest BCUT2D eigenvalue weighted by molar-refractivity contribution is 0.404. The maximum absolute atomic E-state index is 5.58. The highest BCUT2D eigenvalue weighted by Crippen LogP contribution is 2.33. The fraction of sp³-hybridized carbons (Fsp3) is 0.0909. The number of methoxy groups -OCH3 is 2. The van der Waals surface area contributed by atoms with Gasteiger partial charge >= 0.3 is 0 Å². The van der Waals surface area contributed by atoms with Crippen molar-refractivity contribution in [1.82, 2.24) is 14.6 Å². The second-order valence-corrected chi connectivity index (χ2v) is 6.94. The lowest BCUT2D eigenvalue weighted by atomic mass is 10.1. The molecule has 0 bridgehead atoms. The first kappa shape index (κ1) is 19.5. The number of hydrogen-bond acceptors (Lipinski definition) is 7. The molecule has 0 amide bonds. The average molecular weight is 417 g/mol. The fourth-order valence-corrected chi connectivity index (χ4v) is 3.64. The van der Waals surface area contributed by atoms with Crippen molar-refractivity contribution in [3.05, 3.63) is 83.0 Å². The standard InChI is InChI=1S/C22H19N5O2S/c1-28-18-8-9-21(29-2)19(12-18)20-15-30-22(26-17-7-5-10-23-13-17)27(20)25-14-16-6-3-4-11-24-16/h3-15H,1-2H3. The van der Waals surface area contributed by atoms with Gasteiger partial charge in [-0.05, 0) is 42.5 Å². The lowest BCUT2D eigenvalue weighted by Crippen LogP contribution is -2.12. The minimum absolute atomic E-state index is 0.690. The molecule has 0 saturated heterocycles. The summed E-state index contributed by atoms with van der Waals surface area (Å²) < 4.78 is 12.7. The summed E-state index contributed by atoms with van der Waals surface area (Å²) in [5.41, 5.74) is 3.15. The zero-order valence-electron chi connectivity index (χ0n) is 16.5. The van der Waals surface area contributed by atoms with Gasteiger partial charge in [0.25, 0.3) is 0 Å². The van der Waals surface area contributed by atoms with E-state index in [9.17, 15) is 0 Å². The molecule has 4 rings (SSSR count). The predicted molar refractivity (Wildman–Crippen MR) is 118 cm³/mol. The fourth-order valence-electron chi connectivity index (χ4n) is 2.79. The van der Waals surface area contributed by atoms with Gasteiger partial charge in [0.2, 0.25) is 4.80 Å². The Labute approximate surface area is 177 Å². The summed E-state index contributed by atoms with van der Waals surface area (Å²) in [4.78, 5) is 13.8. The zero-order chi connectivity index (χ0) is 20.8. The molecule has 150 valence electrons. The van der Waals surface area contributed by atoms with E-state index in [4.69, 9.17) is 14.5 Å². The summed E-state index contributed by atoms with van der Waals surface area (Å²) in [5.74, 6) is 1.44. The Balaban J connectivity index is 1.90. The van der Waals surface area contributed by atoms with Crippen LogP contribution in [0.25, 0.3) is 11.3 Å². The van der Waals surface area contributed by atoms with Gasteiger partial charge in [0.1, 0.15) is 11.5 Å². The molecule has 0 aliphatic heterocycles. The third kappa shape index (κ3) is 4.28. The van der Waals surface area contributed by atoms with Crippen LogP contribution in [0.3, 0.4) is 0 Å². The summed E-state index contributed by atoms with van der Waals surface area (Å²) in [6.07, 6.45) is 6.85. The molecule has 1 aromatic carbocycles. The van der Waals surface area contributed by atoms with E-state index in [2.05, 4.69) is 15.1 Å². The van der Waals surface area contributed by atoms with E-state index in [1.165, 1.54) is 11.3 Å². The summed E-state index contributed by atoms with van der Waals surface area (Å²) in [5, 5.41) is 6.66. The van der Waals surface area contributed by atoms with Gasteiger partial charge in [-0.2, -0.15) is 5.10 Å². The molecule has 0 unspecified atom stereocenters. The van der Waals surface area contributed by atoms with E-state index in [0.717, 1.165) is 28.4 Å². The second-order valence-electron chi connectivity index (χ2n) is 6.10. The first-order chi connectivity index (χ1) is 14.8. The Hall–Kier alpha value is -3.78. The van der Waals surface area contributed by atoms with E-state index >= 15 is 0 Å². The molecule has 0 fully saturated rings. The molecule has 7 nitrogen and oxygen atoms in total. The van der Waals surface area contributed by atoms with Gasteiger partial charge in [-0.1, -0.05) is 6.07 Å². The van der Waals surface area contributed by atoms with Gasteiger partial charge in [-0.25, -0.2) is 9.67 Å². The van der Waals surface area contributed by atoms with Crippen molar-refractivity contribution < 1.29 is 9.47 Å². The topological polar surface area (TPSA) is 73.9 Å². The van der Waals surface area contributed by atoms with Crippen molar-refractivity contribution in [3.8, 4) is 22.8 Å². The Morgan fingerprint density at radius 3 is 2.70 bits per heavy atom. The molecule has 3 heterocycles. The second kappa shape index (κ2) is 9.15. The van der Waals surface area contributed by atoms with Crippen LogP contribution in [0.5, 0.6) is 11.5 Å². The van der Waals surface area contributed by atoms with E-state index in [1.54, 1.807) is 43.7 Å². The maximum atomic E-state index is 5.58. The van der Waals surface area contributed by atoms with Crippen LogP contribution < -0.4 is 14.3 Å². The van der Waals surface area contributed by atoms with Crippen molar-refractivity contribution in [2.45, 2.75) is 0 Å². The van der Waals surface area contributed by atoms with E-state index in [0.29, 0.717) is 10.6 Å². The van der Waals surface area contributed by atoms with Crippen LogP contribution in [0, 0.1) is 0 Å². The van der Waals surface area contributed by atoms with E-state index < -0.39 is 0 Å². The number of pyridine rings is 2. The van der Waals surface area contributed by atoms with Gasteiger partial charge in [0, 0.05) is 23.3 Å². The number of aromatic nitrogens is 3. The van der Waals surface area contributed by atoms with Crippen LogP contribution in [0.2, 0.25) is 0 Å². The molecule has 30 heavy (non-hydrogen) atoms. The van der Waals surface area contributed by atoms with Crippen LogP contribution in [-0.4, -0.2) is 35.1 Å². The largest absolute Gasteiger partial charge is 0.497 e. The Bertz CT molecular complexity index is 1220. The highest BCUT2D eigenvalue weighted by molar-refractivity contribution is 7.07. The SMILES string of the molecule is COc1ccc(OC)c(-c2csc(=Nc3cccnc3)n2N=Cc2ccccn2)c1. The third-order valence-electron chi connectivity index (χ3n) is 4.23. The maximum Gasteiger partial charge on any atom is 0.211 e. The average Bonchev–Trinajstić information content (AvgIpc) is 3.20. The minimum atomic E-state index is 0.690. The number of ether oxygens (including phenoxy) is 2. The summed E-state index contributed by atoms with van der Waals surface area (Å²) in [6.45, 7) is 0. The van der Waals surface area contributed by atoms with Crippen molar-refractivity contribution >= 4 is 23.2 Å². The van der Waals surface area contributed by atoms with Crippen molar-refractivity contribution in [1.29, 1.82) is 0 Å². The summed E-state index contributed by atoms with van der Waals surface area (Å²) >= 11 is 1.47. The molecular formula is C22H19N5O2S. The molecule has 0 N–H and O–H groups in total. The smallest absolute Gasteiger partial charge is 0.211 e. The molecule has 8 heteroatoms. The normalized spacial score (nSPS) is 11.7. The lowest BCUT2D eigenvalue weighted by Gasteiger charge is -2.11. The van der Waals surface area contributed by atoms with Crippen LogP contribution in [-0.2, 0) is 0 Å². The van der Waals surface area contributed by atoms with Gasteiger partial charge in [-0.15, -0.1) is 11.3 Å². The highest BCUT2D eigenvalue weighted by atomic mass is 32.1. The van der Waals surface area contributed by atoms with Crippen molar-refractivity contribution in [3.63, 3.8) is 0 Å². The molecule has 0 aliphatic carbocycles. The monoisotopic (exact) mass is 417 g/mol. The Kier molecular flexibility index (Phi) is 5.95. The highest BCUT2D eigenvalue weighted by Gasteiger charge is 2.14. The number of hydrogen-bond donors (Lipinski definition) is 0. The molecule has 0 saturated carbocycles. The molecule has 0 atom stereocenters. The Morgan fingerprint density at radius 1 is 1.03 bits per heavy atom. The number of benzene rings is 1. The number of thiazole rings is 1. The predicted octanol–water partition coefficient (Wildman–Crippen LogP) is 4.14. The van der Waals surface area contributed by atoms with Crippen molar-refractivity contribution in [2.24, 2.45) is 10.1 Å². The van der Waals surface area contributed by atoms with Crippen LogP contribution in [0.1, 0.15) is 5.69 Å². The minimum Gasteiger partial charge on any atom is -0.497 e. The molecule has 3 aromatic heterocycles. The quantitative estimate of drug-likeness (QED) is 0.442. The van der Waals surface area contributed by atoms with Crippen LogP contribution >= 0.6 is 11.3 Å². The van der Waals surface area contributed by atoms with Gasteiger partial charge in [0.05, 0.1) is 43.7 Å². The molecule has 0 spiro atoms. The van der Waals surface area contributed by atoms with E-state index in [1.807, 2.05) is 53.9 Å². The van der Waals surface area contributed by atoms with E-state index in [-0.39, 0.29) is 0 Å². The first-order valence-corrected chi connectivity index (χ1v) is 9.99. The Morgan fingerprint density at radius 2 is 1.97 bits per heavy atom. The number of nitrogens with zero attached hydrogens (tertiary/aromatic N) is 5. The van der Waals surface area contributed by atoms with Crippen LogP contribution in [0.15, 0.2) is 82.6 Å².